The summed E-state index contributed by atoms with van der Waals surface area (Å²) < 4.78 is 25.6. The number of pyridine rings is 1. The van der Waals surface area contributed by atoms with E-state index in [1.54, 1.807) is 18.3 Å². The number of rotatable bonds is 3. The van der Waals surface area contributed by atoms with E-state index >= 15 is 0 Å². The third-order valence-corrected chi connectivity index (χ3v) is 3.15. The molecule has 0 fully saturated rings. The van der Waals surface area contributed by atoms with E-state index in [-0.39, 0.29) is 0 Å². The van der Waals surface area contributed by atoms with Crippen LogP contribution in [0.4, 0.5) is 14.5 Å². The van der Waals surface area contributed by atoms with Gasteiger partial charge >= 0.3 is 0 Å². The maximum Gasteiger partial charge on any atom is 0.159 e. The molecule has 2 nitrogen and oxygen atoms in total. The van der Waals surface area contributed by atoms with E-state index in [9.17, 15) is 8.78 Å². The van der Waals surface area contributed by atoms with E-state index in [1.165, 1.54) is 23.9 Å². The molecule has 0 bridgehead atoms. The van der Waals surface area contributed by atoms with Crippen molar-refractivity contribution in [3.63, 3.8) is 0 Å². The van der Waals surface area contributed by atoms with Crippen molar-refractivity contribution in [2.75, 3.05) is 5.73 Å². The average molecular weight is 252 g/mol. The molecule has 0 aliphatic rings. The summed E-state index contributed by atoms with van der Waals surface area (Å²) in [5.74, 6) is -1.11. The van der Waals surface area contributed by atoms with Crippen LogP contribution >= 0.6 is 11.8 Å². The van der Waals surface area contributed by atoms with Gasteiger partial charge in [0.15, 0.2) is 11.6 Å². The summed E-state index contributed by atoms with van der Waals surface area (Å²) in [6, 6.07) is 7.28. The maximum absolute atomic E-state index is 12.9. The summed E-state index contributed by atoms with van der Waals surface area (Å²) in [6.07, 6.45) is 1.62. The average Bonchev–Trinajstić information content (AvgIpc) is 2.31. The van der Waals surface area contributed by atoms with Gasteiger partial charge < -0.3 is 5.73 Å². The second-order valence-corrected chi connectivity index (χ2v) is 4.49. The Bertz CT molecular complexity index is 532. The van der Waals surface area contributed by atoms with Crippen LogP contribution in [0.2, 0.25) is 0 Å². The largest absolute Gasteiger partial charge is 0.399 e. The van der Waals surface area contributed by atoms with E-state index < -0.39 is 11.6 Å². The minimum Gasteiger partial charge on any atom is -0.399 e. The van der Waals surface area contributed by atoms with Crippen LogP contribution in [0.3, 0.4) is 0 Å². The molecule has 0 atom stereocenters. The molecule has 0 aliphatic heterocycles. The number of hydrogen-bond acceptors (Lipinski definition) is 3. The Labute approximate surface area is 102 Å². The van der Waals surface area contributed by atoms with Gasteiger partial charge in [-0.05, 0) is 30.3 Å². The number of thioether (sulfide) groups is 1. The Balaban J connectivity index is 2.05. The molecule has 0 amide bonds. The first kappa shape index (κ1) is 11.9. The molecule has 0 radical (unpaired) electrons. The number of nitrogens with two attached hydrogens (primary N) is 1. The summed E-state index contributed by atoms with van der Waals surface area (Å²) >= 11 is 1.38. The molecule has 0 aliphatic carbocycles. The highest BCUT2D eigenvalue weighted by Crippen LogP contribution is 2.24. The molecule has 1 aromatic heterocycles. The summed E-state index contributed by atoms with van der Waals surface area (Å²) in [5, 5.41) is 0. The molecule has 1 heterocycles. The first-order valence-corrected chi connectivity index (χ1v) is 5.92. The minimum absolute atomic E-state index is 0.566. The predicted molar refractivity (Wildman–Crippen MR) is 64.6 cm³/mol. The molecular weight excluding hydrogens is 242 g/mol. The van der Waals surface area contributed by atoms with Crippen LogP contribution in [-0.2, 0) is 5.75 Å². The van der Waals surface area contributed by atoms with E-state index in [4.69, 9.17) is 5.73 Å². The van der Waals surface area contributed by atoms with Crippen molar-refractivity contribution in [3.05, 3.63) is 53.9 Å². The van der Waals surface area contributed by atoms with Crippen molar-refractivity contribution >= 4 is 17.4 Å². The number of benzene rings is 1. The Kier molecular flexibility index (Phi) is 3.58. The van der Waals surface area contributed by atoms with Crippen LogP contribution in [0.15, 0.2) is 41.4 Å². The van der Waals surface area contributed by atoms with Gasteiger partial charge in [-0.1, -0.05) is 0 Å². The van der Waals surface area contributed by atoms with Gasteiger partial charge in [-0.2, -0.15) is 0 Å². The van der Waals surface area contributed by atoms with Crippen LogP contribution < -0.4 is 5.73 Å². The lowest BCUT2D eigenvalue weighted by atomic mass is 10.3. The summed E-state index contributed by atoms with van der Waals surface area (Å²) in [4.78, 5) is 4.79. The van der Waals surface area contributed by atoms with Crippen LogP contribution in [0.1, 0.15) is 5.69 Å². The molecule has 0 saturated heterocycles. The van der Waals surface area contributed by atoms with Gasteiger partial charge in [0.05, 0.1) is 5.69 Å². The first-order valence-electron chi connectivity index (χ1n) is 4.93. The van der Waals surface area contributed by atoms with E-state index in [0.717, 1.165) is 11.8 Å². The molecule has 0 saturated carbocycles. The zero-order valence-corrected chi connectivity index (χ0v) is 9.68. The minimum atomic E-state index is -0.837. The van der Waals surface area contributed by atoms with Crippen LogP contribution in [0.5, 0.6) is 0 Å². The molecule has 17 heavy (non-hydrogen) atoms. The molecule has 1 aromatic carbocycles. The molecule has 2 N–H and O–H groups in total. The summed E-state index contributed by atoms with van der Waals surface area (Å²) in [5.41, 5.74) is 7.06. The monoisotopic (exact) mass is 252 g/mol. The molecular formula is C12H10F2N2S. The van der Waals surface area contributed by atoms with Crippen molar-refractivity contribution in [2.45, 2.75) is 10.6 Å². The molecule has 88 valence electrons. The third-order valence-electron chi connectivity index (χ3n) is 2.12. The number of anilines is 1. The Morgan fingerprint density at radius 1 is 1.12 bits per heavy atom. The highest BCUT2D eigenvalue weighted by Gasteiger charge is 2.03. The van der Waals surface area contributed by atoms with Gasteiger partial charge in [0.2, 0.25) is 0 Å². The quantitative estimate of drug-likeness (QED) is 0.852. The van der Waals surface area contributed by atoms with Crippen molar-refractivity contribution in [1.29, 1.82) is 0 Å². The fraction of sp³-hybridized carbons (Fsp3) is 0.0833. The molecule has 2 rings (SSSR count). The predicted octanol–water partition coefficient (Wildman–Crippen LogP) is 3.23. The van der Waals surface area contributed by atoms with E-state index in [1.807, 2.05) is 0 Å². The fourth-order valence-electron chi connectivity index (χ4n) is 1.30. The number of hydrogen-bond donors (Lipinski definition) is 1. The van der Waals surface area contributed by atoms with Crippen LogP contribution in [-0.4, -0.2) is 4.98 Å². The number of nitrogens with zero attached hydrogens (tertiary/aromatic N) is 1. The normalized spacial score (nSPS) is 10.5. The van der Waals surface area contributed by atoms with Gasteiger partial charge in [0, 0.05) is 22.5 Å². The second kappa shape index (κ2) is 5.14. The third kappa shape index (κ3) is 3.17. The smallest absolute Gasteiger partial charge is 0.159 e. The number of halogens is 2. The highest BCUT2D eigenvalue weighted by molar-refractivity contribution is 7.98. The van der Waals surface area contributed by atoms with Crippen molar-refractivity contribution in [1.82, 2.24) is 4.98 Å². The van der Waals surface area contributed by atoms with Gasteiger partial charge in [-0.3, -0.25) is 4.98 Å². The number of aromatic nitrogens is 1. The van der Waals surface area contributed by atoms with Crippen molar-refractivity contribution in [3.8, 4) is 0 Å². The Morgan fingerprint density at radius 3 is 2.65 bits per heavy atom. The number of nitrogen functional groups attached to an aromatic ring is 1. The lowest BCUT2D eigenvalue weighted by molar-refractivity contribution is 0.506. The molecule has 0 spiro atoms. The Morgan fingerprint density at radius 2 is 1.94 bits per heavy atom. The molecule has 0 unspecified atom stereocenters. The SMILES string of the molecule is Nc1ccnc(CSc2ccc(F)c(F)c2)c1. The Hall–Kier alpha value is -1.62. The zero-order chi connectivity index (χ0) is 12.3. The van der Waals surface area contributed by atoms with Gasteiger partial charge in [-0.25, -0.2) is 8.78 Å². The second-order valence-electron chi connectivity index (χ2n) is 3.45. The fourth-order valence-corrected chi connectivity index (χ4v) is 2.12. The zero-order valence-electron chi connectivity index (χ0n) is 8.86. The van der Waals surface area contributed by atoms with Crippen LogP contribution in [0, 0.1) is 11.6 Å². The highest BCUT2D eigenvalue weighted by atomic mass is 32.2. The van der Waals surface area contributed by atoms with E-state index in [2.05, 4.69) is 4.98 Å². The van der Waals surface area contributed by atoms with Crippen LogP contribution in [0.25, 0.3) is 0 Å². The summed E-state index contributed by atoms with van der Waals surface area (Å²) in [7, 11) is 0. The van der Waals surface area contributed by atoms with Crippen molar-refractivity contribution in [2.24, 2.45) is 0 Å². The lowest BCUT2D eigenvalue weighted by Gasteiger charge is -2.02. The summed E-state index contributed by atoms with van der Waals surface area (Å²) in [6.45, 7) is 0. The standard InChI is InChI=1S/C12H10F2N2S/c13-11-2-1-10(6-12(11)14)17-7-9-5-8(15)3-4-16-9/h1-6H,7H2,(H2,15,16). The topological polar surface area (TPSA) is 38.9 Å². The molecule has 5 heteroatoms. The van der Waals surface area contributed by atoms with Gasteiger partial charge in [0.1, 0.15) is 0 Å². The molecule has 2 aromatic rings. The van der Waals surface area contributed by atoms with Gasteiger partial charge in [0.25, 0.3) is 0 Å². The van der Waals surface area contributed by atoms with Crippen molar-refractivity contribution < 1.29 is 8.78 Å². The van der Waals surface area contributed by atoms with E-state index in [0.29, 0.717) is 16.3 Å². The maximum atomic E-state index is 12.9. The lowest BCUT2D eigenvalue weighted by Crippen LogP contribution is -1.91. The first-order chi connectivity index (χ1) is 8.15. The van der Waals surface area contributed by atoms with Gasteiger partial charge in [-0.15, -0.1) is 11.8 Å².